The third kappa shape index (κ3) is 9.44. The summed E-state index contributed by atoms with van der Waals surface area (Å²) in [5.74, 6) is -8.22. The summed E-state index contributed by atoms with van der Waals surface area (Å²) in [5.41, 5.74) is -3.61. The third-order valence-corrected chi connectivity index (χ3v) is 14.0. The Morgan fingerprint density at radius 3 is 2.38 bits per heavy atom. The number of nitrogens with one attached hydrogen (secondary N) is 2. The lowest BCUT2D eigenvalue weighted by Gasteiger charge is -2.38. The fourth-order valence-corrected chi connectivity index (χ4v) is 9.58. The molecular weight excluding hydrogens is 884 g/mol. The number of hydrogen-bond acceptors (Lipinski definition) is 16. The number of rotatable bonds is 6. The summed E-state index contributed by atoms with van der Waals surface area (Å²) < 4.78 is 45.1. The predicted molar refractivity (Wildman–Crippen MR) is 252 cm³/mol. The van der Waals surface area contributed by atoms with Crippen LogP contribution < -0.4 is 31.4 Å². The Bertz CT molecular complexity index is 2890. The number of carbonyl (C=O) groups excluding carboxylic acids is 2. The summed E-state index contributed by atoms with van der Waals surface area (Å²) in [6.07, 6.45) is 5.27. The predicted octanol–water partition coefficient (Wildman–Crippen LogP) is 4.75. The average Bonchev–Trinajstić information content (AvgIpc) is 3.58. The Labute approximate surface area is 391 Å². The number of esters is 1. The number of allylic oxidation sites excluding steroid dienone is 2. The van der Waals surface area contributed by atoms with Crippen molar-refractivity contribution in [3.05, 3.63) is 85.3 Å². The van der Waals surface area contributed by atoms with E-state index in [1.165, 1.54) is 52.4 Å². The van der Waals surface area contributed by atoms with E-state index in [0.717, 1.165) is 32.0 Å². The zero-order chi connectivity index (χ0) is 49.5. The average molecular weight is 945 g/mol. The Hall–Kier alpha value is -5.92. The van der Waals surface area contributed by atoms with Crippen molar-refractivity contribution in [2.45, 2.75) is 104 Å². The highest BCUT2D eigenvalue weighted by Gasteiger charge is 2.44. The topological polar surface area (TPSA) is 239 Å². The molecule has 1 saturated heterocycles. The number of aliphatic hydroxyl groups excluding tert-OH is 3. The van der Waals surface area contributed by atoms with E-state index in [4.69, 9.17) is 23.4 Å². The van der Waals surface area contributed by atoms with Crippen molar-refractivity contribution in [3.63, 3.8) is 0 Å². The normalized spacial score (nSPS) is 29.5. The number of piperidine rings is 1. The maximum Gasteiger partial charge on any atom is 0.307 e. The van der Waals surface area contributed by atoms with Crippen LogP contribution in [0, 0.1) is 36.4 Å². The molecule has 0 radical (unpaired) electrons. The summed E-state index contributed by atoms with van der Waals surface area (Å²) in [5, 5.41) is 52.5. The van der Waals surface area contributed by atoms with Gasteiger partial charge in [-0.1, -0.05) is 45.9 Å². The molecule has 0 aliphatic carbocycles. The number of methoxy groups -OCH3 is 1. The van der Waals surface area contributed by atoms with Crippen LogP contribution in [0.1, 0.15) is 66.4 Å². The molecular formula is C50H61FN4O13. The van der Waals surface area contributed by atoms with Crippen LogP contribution in [0.4, 0.5) is 10.1 Å². The number of carbonyl (C=O) groups is 2. The molecule has 0 saturated carbocycles. The second kappa shape index (κ2) is 20.0. The first kappa shape index (κ1) is 50.0. The molecule has 68 heavy (non-hydrogen) atoms. The zero-order valence-corrected chi connectivity index (χ0v) is 39.7. The number of benzene rings is 3. The van der Waals surface area contributed by atoms with Crippen molar-refractivity contribution in [2.24, 2.45) is 23.7 Å². The zero-order valence-electron chi connectivity index (χ0n) is 39.7. The van der Waals surface area contributed by atoms with E-state index in [2.05, 4.69) is 20.5 Å². The van der Waals surface area contributed by atoms with Gasteiger partial charge in [0.25, 0.3) is 5.91 Å². The first-order valence-electron chi connectivity index (χ1n) is 22.9. The molecule has 18 heteroatoms. The minimum Gasteiger partial charge on any atom is -0.507 e. The number of phenolic OH excluding ortho intramolecular Hbond substituents is 1. The molecule has 17 nitrogen and oxygen atoms in total. The highest BCUT2D eigenvalue weighted by atomic mass is 19.1. The fraction of sp³-hybridized carbons (Fsp3) is 0.500. The largest absolute Gasteiger partial charge is 0.507 e. The van der Waals surface area contributed by atoms with Crippen molar-refractivity contribution < 1.29 is 57.8 Å². The van der Waals surface area contributed by atoms with Gasteiger partial charge in [-0.05, 0) is 52.9 Å². The standard InChI is InChI=1S/C50H61FN4O13/c1-23-11-10-12-24(2)49(63)54-40-44(61)36-35(39-47(40)66-33-22-29(51)21-31(56)38(33)53-39)37-46(28(6)43(36)60)68-50(7,48(37)62)65-20-16-32(64-9)25(3)45(27(5)42(59)26(4)41(23)58)67-34(57)15-19-55(8)30-13-17-52-18-14-30/h10-12,16,20-23,25-27,30,32,41-42,45,52,58-60,62H,13-15,17-19H2,1-9H3,(H,54,63)/b11-10+,20-16+,24-12-/t23-,25+,26+,27+,32-,41-,42+,45+,50-/m0/s1. The monoisotopic (exact) mass is 944 g/mol. The Kier molecular flexibility index (Phi) is 14.7. The first-order chi connectivity index (χ1) is 32.2. The summed E-state index contributed by atoms with van der Waals surface area (Å²) >= 11 is 0. The van der Waals surface area contributed by atoms with E-state index in [1.807, 2.05) is 7.05 Å². The van der Waals surface area contributed by atoms with Gasteiger partial charge in [-0.3, -0.25) is 19.2 Å². The van der Waals surface area contributed by atoms with Crippen LogP contribution in [0.2, 0.25) is 0 Å². The van der Waals surface area contributed by atoms with Crippen LogP contribution in [0.15, 0.2) is 62.3 Å². The van der Waals surface area contributed by atoms with Gasteiger partial charge < -0.3 is 59.3 Å². The smallest absolute Gasteiger partial charge is 0.307 e. The number of anilines is 1. The Balaban J connectivity index is 1.37. The van der Waals surface area contributed by atoms with E-state index in [1.54, 1.807) is 33.8 Å². The van der Waals surface area contributed by atoms with E-state index in [0.29, 0.717) is 18.7 Å². The second-order valence-corrected chi connectivity index (χ2v) is 18.6. The van der Waals surface area contributed by atoms with E-state index in [-0.39, 0.29) is 50.5 Å². The number of amides is 1. The van der Waals surface area contributed by atoms with Gasteiger partial charge in [-0.2, -0.15) is 0 Å². The van der Waals surface area contributed by atoms with Gasteiger partial charge in [0.2, 0.25) is 10.9 Å². The number of aliphatic hydroxyl groups is 3. The van der Waals surface area contributed by atoms with Gasteiger partial charge in [0.05, 0.1) is 41.6 Å². The molecule has 4 aromatic rings. The van der Waals surface area contributed by atoms with Crippen molar-refractivity contribution >= 4 is 56.3 Å². The molecule has 0 spiro atoms. The van der Waals surface area contributed by atoms with Crippen LogP contribution in [0.25, 0.3) is 38.7 Å². The number of aromatic nitrogens is 1. The van der Waals surface area contributed by atoms with Crippen LogP contribution in [0.5, 0.6) is 11.5 Å². The number of phenols is 1. The van der Waals surface area contributed by atoms with E-state index >= 15 is 0 Å². The molecule has 4 aliphatic heterocycles. The number of ether oxygens (including phenoxy) is 4. The molecule has 0 unspecified atom stereocenters. The fourth-order valence-electron chi connectivity index (χ4n) is 9.58. The molecule has 3 aromatic carbocycles. The van der Waals surface area contributed by atoms with Crippen LogP contribution in [-0.4, -0.2) is 112 Å². The van der Waals surface area contributed by atoms with Gasteiger partial charge in [0, 0.05) is 78.9 Å². The van der Waals surface area contributed by atoms with E-state index < -0.39 is 111 Å². The molecule has 366 valence electrons. The molecule has 1 fully saturated rings. The molecule has 6 N–H and O–H groups in total. The van der Waals surface area contributed by atoms with Crippen molar-refractivity contribution in [1.82, 2.24) is 15.2 Å². The number of halogens is 1. The summed E-state index contributed by atoms with van der Waals surface area (Å²) in [7, 11) is 3.43. The van der Waals surface area contributed by atoms with Gasteiger partial charge in [0.1, 0.15) is 34.6 Å². The summed E-state index contributed by atoms with van der Waals surface area (Å²) in [4.78, 5) is 61.9. The number of hydrogen-bond donors (Lipinski definition) is 6. The van der Waals surface area contributed by atoms with Gasteiger partial charge in [0.15, 0.2) is 22.4 Å². The summed E-state index contributed by atoms with van der Waals surface area (Å²) in [6.45, 7) is 13.5. The van der Waals surface area contributed by atoms with Gasteiger partial charge in [-0.15, -0.1) is 0 Å². The minimum absolute atomic E-state index is 0.00759. The third-order valence-electron chi connectivity index (χ3n) is 14.0. The highest BCUT2D eigenvalue weighted by molar-refractivity contribution is 6.16. The van der Waals surface area contributed by atoms with Crippen molar-refractivity contribution in [1.29, 1.82) is 0 Å². The quantitative estimate of drug-likeness (QED) is 0.0869. The number of nitrogens with zero attached hydrogens (tertiary/aromatic N) is 2. The maximum absolute atomic E-state index is 14.6. The van der Waals surface area contributed by atoms with Crippen LogP contribution >= 0.6 is 0 Å². The molecule has 5 heterocycles. The molecule has 9 atom stereocenters. The van der Waals surface area contributed by atoms with Crippen molar-refractivity contribution in [2.75, 3.05) is 39.1 Å². The Morgan fingerprint density at radius 2 is 1.69 bits per heavy atom. The SMILES string of the molecule is CO[C@H]1/C=C/O[C@@]2(C)Oc3c(C)c(O)c4c(=O)c(c5oc6cc(F)cc(=O)c6nc5c4c3=C2O)NC(=O)/C(C)=C\C=C\[C@H](C)[C@H](O)[C@@H](C)[C@@H](O)[C@@H](C)[C@H](OC(=O)CCN(C)C2CCNCC2)[C@@H]1C. The molecule has 5 bridgehead atoms. The lowest BCUT2D eigenvalue weighted by atomic mass is 9.78. The molecule has 4 aliphatic rings. The minimum atomic E-state index is -2.03. The lowest BCUT2D eigenvalue weighted by molar-refractivity contribution is -0.163. The van der Waals surface area contributed by atoms with E-state index in [9.17, 15) is 44.0 Å². The maximum atomic E-state index is 14.6. The van der Waals surface area contributed by atoms with Crippen LogP contribution in [0.3, 0.4) is 0 Å². The number of aromatic hydroxyl groups is 1. The first-order valence-corrected chi connectivity index (χ1v) is 22.9. The van der Waals surface area contributed by atoms with Crippen LogP contribution in [-0.2, 0) is 23.8 Å². The molecule has 1 aromatic heterocycles. The molecule has 1 amide bonds. The second-order valence-electron chi connectivity index (χ2n) is 18.6. The molecule has 8 rings (SSSR count). The Morgan fingerprint density at radius 1 is 0.985 bits per heavy atom. The highest BCUT2D eigenvalue weighted by Crippen LogP contribution is 2.42. The van der Waals surface area contributed by atoms with Crippen molar-refractivity contribution in [3.8, 4) is 11.5 Å². The summed E-state index contributed by atoms with van der Waals surface area (Å²) in [6, 6.07) is 1.91. The number of fused-ring (bicyclic) bond motifs is 14. The van der Waals surface area contributed by atoms with Gasteiger partial charge in [-0.25, -0.2) is 9.37 Å². The van der Waals surface area contributed by atoms with Gasteiger partial charge >= 0.3 is 11.8 Å². The lowest BCUT2D eigenvalue weighted by Crippen LogP contribution is -2.47.